The van der Waals surface area contributed by atoms with Gasteiger partial charge in [0.05, 0.1) is 12.7 Å². The number of rotatable bonds is 3. The van der Waals surface area contributed by atoms with Crippen LogP contribution < -0.4 is 4.74 Å². The molecule has 0 saturated carbocycles. The van der Waals surface area contributed by atoms with E-state index in [1.807, 2.05) is 25.1 Å². The van der Waals surface area contributed by atoms with Crippen molar-refractivity contribution in [1.82, 2.24) is 5.16 Å². The van der Waals surface area contributed by atoms with Crippen LogP contribution in [0.2, 0.25) is 0 Å². The summed E-state index contributed by atoms with van der Waals surface area (Å²) in [4.78, 5) is 10.5. The fourth-order valence-electron chi connectivity index (χ4n) is 1.49. The van der Waals surface area contributed by atoms with E-state index in [0.717, 1.165) is 11.1 Å². The molecule has 82 valence electrons. The monoisotopic (exact) mass is 217 g/mol. The van der Waals surface area contributed by atoms with Crippen molar-refractivity contribution in [1.29, 1.82) is 0 Å². The summed E-state index contributed by atoms with van der Waals surface area (Å²) in [6.07, 6.45) is 0.648. The van der Waals surface area contributed by atoms with Crippen LogP contribution in [0.4, 0.5) is 0 Å². The first-order valence-electron chi connectivity index (χ1n) is 4.81. The van der Waals surface area contributed by atoms with Gasteiger partial charge in [0.25, 0.3) is 0 Å². The summed E-state index contributed by atoms with van der Waals surface area (Å²) in [5.74, 6) is 1.22. The predicted octanol–water partition coefficient (Wildman–Crippen LogP) is 2.47. The zero-order chi connectivity index (χ0) is 11.5. The van der Waals surface area contributed by atoms with E-state index >= 15 is 0 Å². The first-order valence-corrected chi connectivity index (χ1v) is 4.81. The Kier molecular flexibility index (Phi) is 2.72. The summed E-state index contributed by atoms with van der Waals surface area (Å²) in [5, 5.41) is 3.62. The molecule has 0 amide bonds. The summed E-state index contributed by atoms with van der Waals surface area (Å²) < 4.78 is 10.3. The fourth-order valence-corrected chi connectivity index (χ4v) is 1.49. The van der Waals surface area contributed by atoms with Gasteiger partial charge in [-0.1, -0.05) is 16.8 Å². The molecule has 0 N–H and O–H groups in total. The number of ether oxygens (including phenoxy) is 1. The van der Waals surface area contributed by atoms with Crippen molar-refractivity contribution in [3.8, 4) is 17.1 Å². The molecule has 2 aromatic rings. The largest absolute Gasteiger partial charge is 0.496 e. The Hall–Kier alpha value is -2.10. The number of hydrogen-bond acceptors (Lipinski definition) is 4. The van der Waals surface area contributed by atoms with Crippen LogP contribution >= 0.6 is 0 Å². The molecule has 0 spiro atoms. The second kappa shape index (κ2) is 4.18. The van der Waals surface area contributed by atoms with Crippen molar-refractivity contribution in [2.24, 2.45) is 0 Å². The van der Waals surface area contributed by atoms with Gasteiger partial charge in [-0.25, -0.2) is 0 Å². The van der Waals surface area contributed by atoms with Crippen molar-refractivity contribution in [3.05, 3.63) is 35.5 Å². The van der Waals surface area contributed by atoms with E-state index in [0.29, 0.717) is 17.8 Å². The second-order valence-corrected chi connectivity index (χ2v) is 3.44. The number of nitrogens with zero attached hydrogens (tertiary/aromatic N) is 1. The van der Waals surface area contributed by atoms with Gasteiger partial charge in [-0.15, -0.1) is 0 Å². The van der Waals surface area contributed by atoms with Gasteiger partial charge in [-0.05, 0) is 19.1 Å². The molecular formula is C12H11NO3. The van der Waals surface area contributed by atoms with Gasteiger partial charge in [0.15, 0.2) is 12.0 Å². The van der Waals surface area contributed by atoms with Crippen LogP contribution in [0.25, 0.3) is 11.3 Å². The molecule has 0 aliphatic rings. The average Bonchev–Trinajstić information content (AvgIpc) is 2.77. The molecule has 0 atom stereocenters. The lowest BCUT2D eigenvalue weighted by molar-refractivity contribution is 0.111. The minimum atomic E-state index is 0.276. The molecule has 0 radical (unpaired) electrons. The molecule has 4 heteroatoms. The summed E-state index contributed by atoms with van der Waals surface area (Å²) in [6, 6.07) is 7.31. The lowest BCUT2D eigenvalue weighted by Crippen LogP contribution is -1.87. The molecule has 1 aromatic heterocycles. The van der Waals surface area contributed by atoms with Crippen LogP contribution in [0.3, 0.4) is 0 Å². The standard InChI is InChI=1S/C12H11NO3/c1-8-3-4-11(15-2)10(5-8)12-6-9(7-14)13-16-12/h3-7H,1-2H3. The fraction of sp³-hybridized carbons (Fsp3) is 0.167. The van der Waals surface area contributed by atoms with Crippen molar-refractivity contribution in [2.45, 2.75) is 6.92 Å². The number of carbonyl (C=O) groups is 1. The summed E-state index contributed by atoms with van der Waals surface area (Å²) in [5.41, 5.74) is 2.15. The summed E-state index contributed by atoms with van der Waals surface area (Å²) in [7, 11) is 1.59. The third kappa shape index (κ3) is 1.82. The Morgan fingerprint density at radius 3 is 2.81 bits per heavy atom. The molecule has 0 unspecified atom stereocenters. The van der Waals surface area contributed by atoms with Gasteiger partial charge in [0, 0.05) is 6.07 Å². The molecule has 0 aliphatic heterocycles. The first kappa shape index (κ1) is 10.4. The van der Waals surface area contributed by atoms with Crippen LogP contribution in [0.15, 0.2) is 28.8 Å². The molecule has 4 nitrogen and oxygen atoms in total. The van der Waals surface area contributed by atoms with E-state index in [2.05, 4.69) is 5.16 Å². The average molecular weight is 217 g/mol. The zero-order valence-corrected chi connectivity index (χ0v) is 9.06. The molecular weight excluding hydrogens is 206 g/mol. The van der Waals surface area contributed by atoms with Crippen LogP contribution in [0.5, 0.6) is 5.75 Å². The van der Waals surface area contributed by atoms with Crippen molar-refractivity contribution in [2.75, 3.05) is 7.11 Å². The topological polar surface area (TPSA) is 52.3 Å². The molecule has 0 aliphatic carbocycles. The quantitative estimate of drug-likeness (QED) is 0.741. The van der Waals surface area contributed by atoms with Crippen LogP contribution in [-0.2, 0) is 0 Å². The van der Waals surface area contributed by atoms with Crippen molar-refractivity contribution >= 4 is 6.29 Å². The predicted molar refractivity (Wildman–Crippen MR) is 58.6 cm³/mol. The Balaban J connectivity index is 2.53. The highest BCUT2D eigenvalue weighted by atomic mass is 16.5. The molecule has 0 saturated heterocycles. The Bertz CT molecular complexity index is 517. The number of aromatic nitrogens is 1. The first-order chi connectivity index (χ1) is 7.74. The molecule has 0 bridgehead atoms. The highest BCUT2D eigenvalue weighted by Gasteiger charge is 2.11. The number of methoxy groups -OCH3 is 1. The molecule has 0 fully saturated rings. The number of benzene rings is 1. The van der Waals surface area contributed by atoms with Crippen molar-refractivity contribution in [3.63, 3.8) is 0 Å². The maximum Gasteiger partial charge on any atom is 0.171 e. The lowest BCUT2D eigenvalue weighted by Gasteiger charge is -2.05. The third-order valence-corrected chi connectivity index (χ3v) is 2.27. The van der Waals surface area contributed by atoms with Crippen LogP contribution in [0.1, 0.15) is 16.1 Å². The zero-order valence-electron chi connectivity index (χ0n) is 9.06. The van der Waals surface area contributed by atoms with Crippen LogP contribution in [0, 0.1) is 6.92 Å². The molecule has 1 aromatic carbocycles. The highest BCUT2D eigenvalue weighted by molar-refractivity contribution is 5.76. The smallest absolute Gasteiger partial charge is 0.171 e. The summed E-state index contributed by atoms with van der Waals surface area (Å²) in [6.45, 7) is 1.97. The number of carbonyl (C=O) groups excluding carboxylic acids is 1. The van der Waals surface area contributed by atoms with Crippen molar-refractivity contribution < 1.29 is 14.1 Å². The number of aldehydes is 1. The van der Waals surface area contributed by atoms with Gasteiger partial charge in [-0.3, -0.25) is 4.79 Å². The number of aryl methyl sites for hydroxylation is 1. The minimum Gasteiger partial charge on any atom is -0.496 e. The second-order valence-electron chi connectivity index (χ2n) is 3.44. The third-order valence-electron chi connectivity index (χ3n) is 2.27. The molecule has 2 rings (SSSR count). The maximum absolute atomic E-state index is 10.5. The minimum absolute atomic E-state index is 0.276. The Morgan fingerprint density at radius 1 is 1.38 bits per heavy atom. The van der Waals surface area contributed by atoms with Gasteiger partial charge in [-0.2, -0.15) is 0 Å². The lowest BCUT2D eigenvalue weighted by atomic mass is 10.1. The van der Waals surface area contributed by atoms with E-state index in [-0.39, 0.29) is 5.69 Å². The highest BCUT2D eigenvalue weighted by Crippen LogP contribution is 2.30. The van der Waals surface area contributed by atoms with Gasteiger partial charge in [0.2, 0.25) is 0 Å². The summed E-state index contributed by atoms with van der Waals surface area (Å²) >= 11 is 0. The van der Waals surface area contributed by atoms with Gasteiger partial charge >= 0.3 is 0 Å². The van der Waals surface area contributed by atoms with E-state index in [1.165, 1.54) is 0 Å². The Morgan fingerprint density at radius 2 is 2.19 bits per heavy atom. The van der Waals surface area contributed by atoms with E-state index in [1.54, 1.807) is 13.2 Å². The van der Waals surface area contributed by atoms with Gasteiger partial charge < -0.3 is 9.26 Å². The van der Waals surface area contributed by atoms with E-state index in [4.69, 9.17) is 9.26 Å². The maximum atomic E-state index is 10.5. The molecule has 1 heterocycles. The molecule has 16 heavy (non-hydrogen) atoms. The SMILES string of the molecule is COc1ccc(C)cc1-c1cc(C=O)no1. The van der Waals surface area contributed by atoms with E-state index in [9.17, 15) is 4.79 Å². The Labute approximate surface area is 92.8 Å². The number of hydrogen-bond donors (Lipinski definition) is 0. The normalized spacial score (nSPS) is 10.1. The van der Waals surface area contributed by atoms with Crippen LogP contribution in [-0.4, -0.2) is 18.6 Å². The van der Waals surface area contributed by atoms with Gasteiger partial charge in [0.1, 0.15) is 11.4 Å². The van der Waals surface area contributed by atoms with E-state index < -0.39 is 0 Å².